The van der Waals surface area contributed by atoms with Crippen molar-refractivity contribution in [3.8, 4) is 0 Å². The van der Waals surface area contributed by atoms with Gasteiger partial charge in [-0.1, -0.05) is 0 Å². The highest BCUT2D eigenvalue weighted by Crippen LogP contribution is 2.07. The molecule has 0 fully saturated rings. The molecule has 2 N–H and O–H groups in total. The third-order valence-electron chi connectivity index (χ3n) is 1.99. The summed E-state index contributed by atoms with van der Waals surface area (Å²) in [5.41, 5.74) is 0.502. The first kappa shape index (κ1) is 13.0. The van der Waals surface area contributed by atoms with Crippen molar-refractivity contribution in [2.75, 3.05) is 20.3 Å². The predicted molar refractivity (Wildman–Crippen MR) is 55.9 cm³/mol. The summed E-state index contributed by atoms with van der Waals surface area (Å²) in [6, 6.07) is 3.32. The zero-order chi connectivity index (χ0) is 12.0. The van der Waals surface area contributed by atoms with Crippen molar-refractivity contribution in [2.45, 2.75) is 12.6 Å². The van der Waals surface area contributed by atoms with E-state index in [1.807, 2.05) is 0 Å². The molecule has 1 rings (SSSR count). The molecule has 0 saturated heterocycles. The van der Waals surface area contributed by atoms with Gasteiger partial charge in [0.25, 0.3) is 0 Å². The molecule has 1 aromatic rings. The van der Waals surface area contributed by atoms with Gasteiger partial charge in [-0.05, 0) is 17.7 Å². The lowest BCUT2D eigenvalue weighted by molar-refractivity contribution is 0.0644. The Morgan fingerprint density at radius 2 is 1.94 bits per heavy atom. The number of benzene rings is 1. The number of aliphatic hydroxyl groups excluding tert-OH is 1. The molecule has 1 unspecified atom stereocenters. The molecule has 0 bridgehead atoms. The van der Waals surface area contributed by atoms with E-state index in [0.29, 0.717) is 18.7 Å². The lowest BCUT2D eigenvalue weighted by Crippen LogP contribution is -2.29. The van der Waals surface area contributed by atoms with Crippen LogP contribution in [0.3, 0.4) is 0 Å². The van der Waals surface area contributed by atoms with Crippen molar-refractivity contribution in [3.63, 3.8) is 0 Å². The van der Waals surface area contributed by atoms with Crippen LogP contribution in [-0.4, -0.2) is 31.5 Å². The van der Waals surface area contributed by atoms with Gasteiger partial charge in [-0.25, -0.2) is 8.78 Å². The highest BCUT2D eigenvalue weighted by molar-refractivity contribution is 5.17. The SMILES string of the molecule is COCC(O)CNCc1cc(F)cc(F)c1. The van der Waals surface area contributed by atoms with Crippen LogP contribution in [0.15, 0.2) is 18.2 Å². The highest BCUT2D eigenvalue weighted by Gasteiger charge is 2.04. The average molecular weight is 231 g/mol. The largest absolute Gasteiger partial charge is 0.389 e. The first-order valence-corrected chi connectivity index (χ1v) is 4.94. The summed E-state index contributed by atoms with van der Waals surface area (Å²) < 4.78 is 30.3. The second-order valence-corrected chi connectivity index (χ2v) is 3.52. The van der Waals surface area contributed by atoms with E-state index in [1.54, 1.807) is 0 Å². The topological polar surface area (TPSA) is 41.5 Å². The van der Waals surface area contributed by atoms with Gasteiger partial charge in [0, 0.05) is 26.3 Å². The molecule has 3 nitrogen and oxygen atoms in total. The first-order valence-electron chi connectivity index (χ1n) is 4.94. The molecule has 0 radical (unpaired) electrons. The van der Waals surface area contributed by atoms with E-state index in [1.165, 1.54) is 19.2 Å². The molecule has 90 valence electrons. The molecule has 0 aliphatic rings. The quantitative estimate of drug-likeness (QED) is 0.769. The number of aliphatic hydroxyl groups is 1. The number of ether oxygens (including phenoxy) is 1. The molecule has 0 heterocycles. The van der Waals surface area contributed by atoms with Gasteiger partial charge < -0.3 is 15.2 Å². The van der Waals surface area contributed by atoms with Crippen molar-refractivity contribution in [2.24, 2.45) is 0 Å². The third-order valence-corrected chi connectivity index (χ3v) is 1.99. The van der Waals surface area contributed by atoms with Crippen molar-refractivity contribution in [1.29, 1.82) is 0 Å². The predicted octanol–water partition coefficient (Wildman–Crippen LogP) is 1.06. The van der Waals surface area contributed by atoms with E-state index in [0.717, 1.165) is 6.07 Å². The zero-order valence-corrected chi connectivity index (χ0v) is 9.04. The third kappa shape index (κ3) is 4.65. The molecule has 16 heavy (non-hydrogen) atoms. The van der Waals surface area contributed by atoms with Crippen LogP contribution < -0.4 is 5.32 Å². The van der Waals surface area contributed by atoms with Crippen LogP contribution in [0, 0.1) is 11.6 Å². The van der Waals surface area contributed by atoms with E-state index in [9.17, 15) is 13.9 Å². The van der Waals surface area contributed by atoms with Gasteiger partial charge in [0.15, 0.2) is 0 Å². The Kier molecular flexibility index (Phi) is 5.31. The summed E-state index contributed by atoms with van der Waals surface area (Å²) in [4.78, 5) is 0. The Labute approximate surface area is 93.0 Å². The number of methoxy groups -OCH3 is 1. The fourth-order valence-electron chi connectivity index (χ4n) is 1.35. The summed E-state index contributed by atoms with van der Waals surface area (Å²) in [5, 5.41) is 12.2. The lowest BCUT2D eigenvalue weighted by Gasteiger charge is -2.10. The van der Waals surface area contributed by atoms with Gasteiger partial charge in [0.05, 0.1) is 12.7 Å². The van der Waals surface area contributed by atoms with E-state index in [-0.39, 0.29) is 6.61 Å². The number of nitrogens with one attached hydrogen (secondary N) is 1. The van der Waals surface area contributed by atoms with Crippen LogP contribution in [0.5, 0.6) is 0 Å². The lowest BCUT2D eigenvalue weighted by atomic mass is 10.2. The van der Waals surface area contributed by atoms with Gasteiger partial charge >= 0.3 is 0 Å². The maximum absolute atomic E-state index is 12.8. The van der Waals surface area contributed by atoms with Crippen molar-refractivity contribution >= 4 is 0 Å². The smallest absolute Gasteiger partial charge is 0.126 e. The number of hydrogen-bond donors (Lipinski definition) is 2. The number of hydrogen-bond acceptors (Lipinski definition) is 3. The van der Waals surface area contributed by atoms with E-state index < -0.39 is 17.7 Å². The monoisotopic (exact) mass is 231 g/mol. The van der Waals surface area contributed by atoms with Crippen molar-refractivity contribution in [1.82, 2.24) is 5.32 Å². The van der Waals surface area contributed by atoms with E-state index >= 15 is 0 Å². The fraction of sp³-hybridized carbons (Fsp3) is 0.455. The average Bonchev–Trinajstić information content (AvgIpc) is 2.16. The summed E-state index contributed by atoms with van der Waals surface area (Å²) in [5.74, 6) is -1.21. The highest BCUT2D eigenvalue weighted by atomic mass is 19.1. The Bertz CT molecular complexity index is 314. The zero-order valence-electron chi connectivity index (χ0n) is 9.04. The fourth-order valence-corrected chi connectivity index (χ4v) is 1.35. The minimum absolute atomic E-state index is 0.227. The molecule has 5 heteroatoms. The summed E-state index contributed by atoms with van der Waals surface area (Å²) >= 11 is 0. The number of rotatable bonds is 6. The molecule has 1 atom stereocenters. The van der Waals surface area contributed by atoms with Crippen LogP contribution in [0.4, 0.5) is 8.78 Å². The minimum Gasteiger partial charge on any atom is -0.389 e. The first-order chi connectivity index (χ1) is 7.61. The van der Waals surface area contributed by atoms with Gasteiger partial charge in [-0.15, -0.1) is 0 Å². The summed E-state index contributed by atoms with van der Waals surface area (Å²) in [6.07, 6.45) is -0.622. The Balaban J connectivity index is 2.37. The van der Waals surface area contributed by atoms with Crippen LogP contribution in [0.25, 0.3) is 0 Å². The van der Waals surface area contributed by atoms with Crippen LogP contribution >= 0.6 is 0 Å². The normalized spacial score (nSPS) is 12.8. The van der Waals surface area contributed by atoms with Gasteiger partial charge in [-0.2, -0.15) is 0 Å². The molecule has 0 spiro atoms. The number of halogens is 2. The molecule has 0 aliphatic heterocycles. The molecular weight excluding hydrogens is 216 g/mol. The second kappa shape index (κ2) is 6.52. The summed E-state index contributed by atoms with van der Waals surface area (Å²) in [6.45, 7) is 0.839. The molecule has 1 aromatic carbocycles. The van der Waals surface area contributed by atoms with Crippen molar-refractivity contribution < 1.29 is 18.6 Å². The van der Waals surface area contributed by atoms with Crippen molar-refractivity contribution in [3.05, 3.63) is 35.4 Å². The second-order valence-electron chi connectivity index (χ2n) is 3.52. The van der Waals surface area contributed by atoms with E-state index in [2.05, 4.69) is 5.32 Å². The molecule has 0 saturated carbocycles. The maximum Gasteiger partial charge on any atom is 0.126 e. The Hall–Kier alpha value is -1.04. The van der Waals surface area contributed by atoms with Crippen LogP contribution in [0.1, 0.15) is 5.56 Å². The Morgan fingerprint density at radius 3 is 2.50 bits per heavy atom. The molecular formula is C11H15F2NO2. The molecule has 0 aliphatic carbocycles. The standard InChI is InChI=1S/C11H15F2NO2/c1-16-7-11(15)6-14-5-8-2-9(12)4-10(13)3-8/h2-4,11,14-15H,5-7H2,1H3. The van der Waals surface area contributed by atoms with Crippen LogP contribution in [0.2, 0.25) is 0 Å². The minimum atomic E-state index is -0.622. The van der Waals surface area contributed by atoms with Gasteiger partial charge in [0.1, 0.15) is 11.6 Å². The molecule has 0 aromatic heterocycles. The maximum atomic E-state index is 12.8. The van der Waals surface area contributed by atoms with Gasteiger partial charge in [-0.3, -0.25) is 0 Å². The molecule has 0 amide bonds. The summed E-state index contributed by atoms with van der Waals surface area (Å²) in [7, 11) is 1.49. The van der Waals surface area contributed by atoms with Crippen LogP contribution in [-0.2, 0) is 11.3 Å². The Morgan fingerprint density at radius 1 is 1.31 bits per heavy atom. The van der Waals surface area contributed by atoms with E-state index in [4.69, 9.17) is 4.74 Å². The van der Waals surface area contributed by atoms with Gasteiger partial charge in [0.2, 0.25) is 0 Å².